The number of unbranched alkanes of at least 4 members (excludes halogenated alkanes) is 1. The van der Waals surface area contributed by atoms with Gasteiger partial charge in [0.1, 0.15) is 5.75 Å². The number of hydrogen-bond donors (Lipinski definition) is 4. The monoisotopic (exact) mass is 1880 g/mol. The highest BCUT2D eigenvalue weighted by atomic mass is 32.1. The first-order valence-electron chi connectivity index (χ1n) is 46.3. The van der Waals surface area contributed by atoms with Crippen LogP contribution in [0.4, 0.5) is 0 Å². The minimum absolute atomic E-state index is 0. The lowest BCUT2D eigenvalue weighted by atomic mass is 9.70. The Morgan fingerprint density at radius 1 is 0.333 bits per heavy atom. The molecule has 34 nitrogen and oxygen atoms in total. The van der Waals surface area contributed by atoms with Crippen LogP contribution in [0, 0.1) is 0 Å². The summed E-state index contributed by atoms with van der Waals surface area (Å²) in [7, 11) is 5.03. The summed E-state index contributed by atoms with van der Waals surface area (Å²) >= 11 is 3.54. The van der Waals surface area contributed by atoms with Gasteiger partial charge in [-0.1, -0.05) is 91.7 Å². The molecule has 5 aromatic rings. The summed E-state index contributed by atoms with van der Waals surface area (Å²) in [5.74, 6) is -1.55. The van der Waals surface area contributed by atoms with Crippen LogP contribution in [0.2, 0.25) is 0 Å². The van der Waals surface area contributed by atoms with Gasteiger partial charge in [0.15, 0.2) is 0 Å². The number of methoxy groups -OCH3 is 2. The molecule has 5 aromatic carbocycles. The predicted molar refractivity (Wildman–Crippen MR) is 499 cm³/mol. The highest BCUT2D eigenvalue weighted by molar-refractivity contribution is 7.78. The van der Waals surface area contributed by atoms with Crippen LogP contribution >= 0.6 is 12.8 Å². The number of nitrogens with one attached hydrogen (secondary N) is 2. The highest BCUT2D eigenvalue weighted by Crippen LogP contribution is 2.56. The van der Waals surface area contributed by atoms with E-state index in [-0.39, 0.29) is 37.7 Å². The largest absolute Gasteiger partial charge is 0.494 e. The fourth-order valence-electron chi connectivity index (χ4n) is 14.2. The smallest absolute Gasteiger partial charge is 0.333 e. The van der Waals surface area contributed by atoms with Crippen molar-refractivity contribution in [3.8, 4) is 50.3 Å². The minimum Gasteiger partial charge on any atom is -0.494 e. The maximum atomic E-state index is 12.5. The van der Waals surface area contributed by atoms with E-state index in [1.165, 1.54) is 55.6 Å². The summed E-state index contributed by atoms with van der Waals surface area (Å²) in [5.41, 5.74) is 14.4. The number of hydroxylamine groups is 2. The number of carbonyl (C=O) groups excluding carboxylic acids is 4. The molecule has 0 spiro atoms. The third-order valence-electron chi connectivity index (χ3n) is 20.7. The zero-order chi connectivity index (χ0) is 92.4. The number of carbonyl (C=O) groups is 4. The van der Waals surface area contributed by atoms with E-state index in [1.54, 1.807) is 21.3 Å². The fourth-order valence-corrected chi connectivity index (χ4v) is 14.2. The minimum atomic E-state index is -0.814. The van der Waals surface area contributed by atoms with Crippen LogP contribution in [-0.4, -0.2) is 367 Å². The van der Waals surface area contributed by atoms with Crippen molar-refractivity contribution in [1.82, 2.24) is 21.3 Å². The molecule has 5 N–H and O–H groups in total. The number of imide groups is 1. The van der Waals surface area contributed by atoms with Crippen LogP contribution in [0.25, 0.3) is 44.5 Å². The Morgan fingerprint density at radius 2 is 0.629 bits per heavy atom. The van der Waals surface area contributed by atoms with Crippen molar-refractivity contribution in [2.75, 3.05) is 338 Å². The molecule has 0 atom stereocenters. The predicted octanol–water partition coefficient (Wildman–Crippen LogP) is 9.95. The lowest BCUT2D eigenvalue weighted by molar-refractivity contribution is -0.197. The molecule has 0 saturated carbocycles. The van der Waals surface area contributed by atoms with E-state index in [0.717, 1.165) is 49.0 Å². The average Bonchev–Trinajstić information content (AvgIpc) is 1.56. The summed E-state index contributed by atoms with van der Waals surface area (Å²) in [6.45, 7) is 23.1. The van der Waals surface area contributed by atoms with Gasteiger partial charge in [-0.25, -0.2) is 4.79 Å². The van der Waals surface area contributed by atoms with E-state index in [0.29, 0.717) is 335 Å². The van der Waals surface area contributed by atoms with Gasteiger partial charge in [0.25, 0.3) is 11.8 Å². The normalized spacial score (nSPS) is 12.9. The molecule has 1 heterocycles. The van der Waals surface area contributed by atoms with Gasteiger partial charge in [-0.05, 0) is 143 Å². The van der Waals surface area contributed by atoms with Crippen LogP contribution in [0.1, 0.15) is 86.5 Å². The second-order valence-corrected chi connectivity index (χ2v) is 30.6. The molecular weight excluding hydrogens is 1730 g/mol. The molecule has 0 aromatic heterocycles. The van der Waals surface area contributed by atoms with Gasteiger partial charge in [0.05, 0.1) is 304 Å². The van der Waals surface area contributed by atoms with Crippen molar-refractivity contribution >= 4 is 36.5 Å². The van der Waals surface area contributed by atoms with Gasteiger partial charge in [-0.2, -0.15) is 0 Å². The molecule has 0 radical (unpaired) electrons. The molecule has 2 aliphatic carbocycles. The average molecular weight is 1880 g/mol. The summed E-state index contributed by atoms with van der Waals surface area (Å²) in [6, 6.07) is 37.8. The van der Waals surface area contributed by atoms with E-state index in [4.69, 9.17) is 123 Å². The number of nitrogens with zero attached hydrogens (tertiary/aromatic N) is 1. The quantitative estimate of drug-likeness (QED) is 0.0157. The van der Waals surface area contributed by atoms with Crippen LogP contribution in [0.5, 0.6) is 5.75 Å². The summed E-state index contributed by atoms with van der Waals surface area (Å²) < 4.78 is 144. The Kier molecular flexibility index (Phi) is 66.0. The first kappa shape index (κ1) is 114. The van der Waals surface area contributed by atoms with Crippen molar-refractivity contribution in [2.45, 2.75) is 76.0 Å². The summed E-state index contributed by atoms with van der Waals surface area (Å²) in [6.07, 6.45) is 5.07. The number of fused-ring (bicyclic) bond motifs is 6. The van der Waals surface area contributed by atoms with E-state index in [1.807, 2.05) is 12.1 Å². The summed E-state index contributed by atoms with van der Waals surface area (Å²) in [4.78, 5) is 53.2. The number of amides is 3. The molecule has 1 aliphatic heterocycles. The van der Waals surface area contributed by atoms with Gasteiger partial charge in [0.2, 0.25) is 5.91 Å². The standard InChI is InChI=1S/C96H142N2O30.CH5NS.H3N/c1-103-31-33-107-39-41-111-47-49-115-55-57-119-63-65-123-71-73-125-69-67-121-61-59-117-53-51-113-45-43-109-37-35-105-28-7-25-96(26-8-29-106-36-38-110-44-46-114-52-54-118-60-62-122-68-70-126-74-72-124-66-64-120-58-56-116-50-48-112-42-40-108-34-32-104-2)90-77-81(14-19-88(90)89-20-15-82(78-91(89)96)80-13-18-87-84(75-80)76-83-9-3-4-10-86(83)87)79-11-16-85(17-12-79)127-30-6-5-27-97-92(99)21-24-95(102)128-98-93(100)22-23-94(98)101;1-2-3;/h3-4,9-20,75,77-78H,5-8,21-74,76H2,1-2H3,(H,97,99);2-3H,1H3;1H3. The maximum absolute atomic E-state index is 12.5. The van der Waals surface area contributed by atoms with Gasteiger partial charge in [-0.3, -0.25) is 19.1 Å². The van der Waals surface area contributed by atoms with Gasteiger partial charge < -0.3 is 135 Å². The Hall–Kier alpha value is -6.71. The summed E-state index contributed by atoms with van der Waals surface area (Å²) in [5, 5.41) is 3.30. The van der Waals surface area contributed by atoms with Gasteiger partial charge in [0, 0.05) is 58.7 Å². The molecule has 35 heteroatoms. The third-order valence-corrected chi connectivity index (χ3v) is 20.7. The Balaban J connectivity index is 0.00000661. The van der Waals surface area contributed by atoms with Crippen molar-refractivity contribution in [2.24, 2.45) is 0 Å². The van der Waals surface area contributed by atoms with E-state index >= 15 is 0 Å². The first-order chi connectivity index (χ1) is 64.7. The maximum Gasteiger partial charge on any atom is 0.333 e. The molecule has 8 rings (SSSR count). The molecule has 1 fully saturated rings. The van der Waals surface area contributed by atoms with Crippen molar-refractivity contribution in [3.63, 3.8) is 0 Å². The lowest BCUT2D eigenvalue weighted by Crippen LogP contribution is -2.32. The van der Waals surface area contributed by atoms with Crippen molar-refractivity contribution in [3.05, 3.63) is 125 Å². The molecular formula is C97H150N4O30S. The SMILES string of the molecule is CNS.COCCOCCOCCOCCOCCOCCOCCOCCOCCOCCOCCOCCCC1(CCCOCCOCCOCCOCCOCCOCCOCCOCCOCCOCCOCCOC)c2cc(-c3ccc(OCCCCNC(=O)CCC(=O)ON4C(=O)CCC4=O)cc3)ccc2-c2ccc(-c3ccc4c(c3)Cc3ccccc3-4)cc21.N. The number of hydrogen-bond acceptors (Lipinski definition) is 33. The third kappa shape index (κ3) is 48.8. The topological polar surface area (TPSA) is 371 Å². The van der Waals surface area contributed by atoms with Gasteiger partial charge >= 0.3 is 5.97 Å². The number of benzene rings is 5. The molecule has 0 unspecified atom stereocenters. The molecule has 744 valence electrons. The number of ether oxygens (including phenoxy) is 25. The molecule has 1 saturated heterocycles. The van der Waals surface area contributed by atoms with Crippen molar-refractivity contribution < 1.29 is 142 Å². The van der Waals surface area contributed by atoms with Crippen LogP contribution in [0.3, 0.4) is 0 Å². The van der Waals surface area contributed by atoms with E-state index < -0.39 is 23.2 Å². The lowest BCUT2D eigenvalue weighted by Gasteiger charge is -2.33. The van der Waals surface area contributed by atoms with Crippen LogP contribution < -0.4 is 20.9 Å². The van der Waals surface area contributed by atoms with Crippen LogP contribution in [0.15, 0.2) is 103 Å². The second-order valence-electron chi connectivity index (χ2n) is 30.2. The first-order valence-corrected chi connectivity index (χ1v) is 46.7. The Morgan fingerprint density at radius 3 is 0.977 bits per heavy atom. The highest BCUT2D eigenvalue weighted by Gasteiger charge is 2.43. The second kappa shape index (κ2) is 76.4. The zero-order valence-electron chi connectivity index (χ0n) is 78.4. The van der Waals surface area contributed by atoms with Crippen LogP contribution in [-0.2, 0) is 150 Å². The van der Waals surface area contributed by atoms with Gasteiger partial charge in [-0.15, -0.1) is 5.06 Å². The number of rotatable bonds is 86. The molecule has 132 heavy (non-hydrogen) atoms. The van der Waals surface area contributed by atoms with E-state index in [2.05, 4.69) is 114 Å². The number of thiol groups is 1. The molecule has 3 amide bonds. The molecule has 0 bridgehead atoms. The molecule has 3 aliphatic rings. The van der Waals surface area contributed by atoms with Crippen molar-refractivity contribution in [1.29, 1.82) is 0 Å². The zero-order valence-corrected chi connectivity index (χ0v) is 79.3. The fraction of sp³-hybridized carbons (Fsp3) is 0.649. The van der Waals surface area contributed by atoms with E-state index in [9.17, 15) is 19.2 Å². The Bertz CT molecular complexity index is 3670. The Labute approximate surface area is 786 Å².